The molecule has 1 atom stereocenters. The minimum atomic E-state index is -4.03. The third-order valence-corrected chi connectivity index (χ3v) is 8.98. The second-order valence-corrected chi connectivity index (χ2v) is 13.4. The van der Waals surface area contributed by atoms with Gasteiger partial charge in [0.05, 0.1) is 12.0 Å². The van der Waals surface area contributed by atoms with Crippen LogP contribution in [0.15, 0.2) is 58.8 Å². The van der Waals surface area contributed by atoms with E-state index in [9.17, 15) is 21.6 Å². The predicted octanol–water partition coefficient (Wildman–Crippen LogP) is 2.98. The average molecular weight is 568 g/mol. The molecule has 0 saturated carbocycles. The van der Waals surface area contributed by atoms with Gasteiger partial charge in [0.2, 0.25) is 10.0 Å². The van der Waals surface area contributed by atoms with Crippen LogP contribution >= 0.6 is 0 Å². The van der Waals surface area contributed by atoms with E-state index in [1.807, 2.05) is 19.0 Å². The van der Waals surface area contributed by atoms with Gasteiger partial charge in [-0.1, -0.05) is 18.2 Å². The molecule has 0 spiro atoms. The second kappa shape index (κ2) is 11.4. The Balaban J connectivity index is 1.85. The van der Waals surface area contributed by atoms with E-state index in [-0.39, 0.29) is 30.8 Å². The number of amides is 1. The van der Waals surface area contributed by atoms with Crippen LogP contribution in [0, 0.1) is 0 Å². The number of halogens is 1. The largest absolute Gasteiger partial charge is 0.497 e. The summed E-state index contributed by atoms with van der Waals surface area (Å²) in [5, 5.41) is 3.40. The van der Waals surface area contributed by atoms with Crippen molar-refractivity contribution in [2.75, 3.05) is 45.5 Å². The van der Waals surface area contributed by atoms with Gasteiger partial charge in [0, 0.05) is 69.0 Å². The van der Waals surface area contributed by atoms with Gasteiger partial charge in [0.25, 0.3) is 5.91 Å². The van der Waals surface area contributed by atoms with E-state index in [0.29, 0.717) is 16.9 Å². The molecule has 0 bridgehead atoms. The number of hydrogen-bond donors (Lipinski definition) is 1. The van der Waals surface area contributed by atoms with Crippen molar-refractivity contribution < 1.29 is 30.8 Å². The fourth-order valence-corrected chi connectivity index (χ4v) is 6.29. The number of sulfone groups is 1. The number of sulfonamides is 1. The fraction of sp³-hybridized carbons (Fsp3) is 0.423. The van der Waals surface area contributed by atoms with Gasteiger partial charge in [0.1, 0.15) is 5.75 Å². The summed E-state index contributed by atoms with van der Waals surface area (Å²) < 4.78 is 72.1. The van der Waals surface area contributed by atoms with Gasteiger partial charge in [-0.3, -0.25) is 4.79 Å². The average Bonchev–Trinajstić information content (AvgIpc) is 2.87. The van der Waals surface area contributed by atoms with Crippen LogP contribution in [0.5, 0.6) is 5.75 Å². The maximum absolute atomic E-state index is 15.5. The van der Waals surface area contributed by atoms with Crippen molar-refractivity contribution in [1.29, 1.82) is 0 Å². The molecule has 1 N–H and O–H groups in total. The molecule has 9 nitrogen and oxygen atoms in total. The van der Waals surface area contributed by atoms with Crippen molar-refractivity contribution in [3.63, 3.8) is 0 Å². The summed E-state index contributed by atoms with van der Waals surface area (Å²) in [7, 11) is -2.18. The first-order chi connectivity index (χ1) is 17.7. The van der Waals surface area contributed by atoms with Crippen molar-refractivity contribution in [2.24, 2.45) is 0 Å². The van der Waals surface area contributed by atoms with Gasteiger partial charge in [0.15, 0.2) is 15.5 Å². The van der Waals surface area contributed by atoms with Crippen molar-refractivity contribution in [3.05, 3.63) is 53.9 Å². The van der Waals surface area contributed by atoms with E-state index in [0.717, 1.165) is 17.4 Å². The topological polar surface area (TPSA) is 113 Å². The van der Waals surface area contributed by atoms with Crippen molar-refractivity contribution in [3.8, 4) is 16.9 Å². The molecule has 12 heteroatoms. The van der Waals surface area contributed by atoms with Gasteiger partial charge < -0.3 is 15.0 Å². The van der Waals surface area contributed by atoms with Gasteiger partial charge >= 0.3 is 0 Å². The molecule has 2 aromatic carbocycles. The zero-order valence-corrected chi connectivity index (χ0v) is 23.8. The lowest BCUT2D eigenvalue weighted by Gasteiger charge is -2.35. The molecule has 1 fully saturated rings. The molecule has 38 heavy (non-hydrogen) atoms. The van der Waals surface area contributed by atoms with Gasteiger partial charge in [-0.2, -0.15) is 4.31 Å². The van der Waals surface area contributed by atoms with Crippen molar-refractivity contribution >= 4 is 31.5 Å². The molecule has 208 valence electrons. The SMILES string of the molecule is COc1cccc(-c2cc(N(C)C)ccc2S(=O)(=O)N2CCC(F)(C(=O)NC(C)/C=C\S(C)(=O)=O)CC2)c1. The highest BCUT2D eigenvalue weighted by atomic mass is 32.2. The van der Waals surface area contributed by atoms with E-state index >= 15 is 4.39 Å². The summed E-state index contributed by atoms with van der Waals surface area (Å²) in [6.45, 7) is 1.15. The standard InChI is InChI=1S/C26H34FN3O6S2/c1-19(11-16-37(5,32)33)28-25(31)26(27)12-14-30(15-13-26)38(34,35)24-10-9-21(29(2)3)18-23(24)20-7-6-8-22(17-20)36-4/h6-11,16-19H,12-15H2,1-5H3,(H,28,31)/b16-11-. The highest BCUT2D eigenvalue weighted by Crippen LogP contribution is 2.36. The monoisotopic (exact) mass is 567 g/mol. The third kappa shape index (κ3) is 6.91. The Bertz CT molecular complexity index is 1420. The first-order valence-electron chi connectivity index (χ1n) is 12.0. The fourth-order valence-electron chi connectivity index (χ4n) is 4.13. The Morgan fingerprint density at radius 2 is 1.79 bits per heavy atom. The molecule has 0 aliphatic carbocycles. The molecule has 1 saturated heterocycles. The maximum atomic E-state index is 15.5. The number of nitrogens with one attached hydrogen (secondary N) is 1. The van der Waals surface area contributed by atoms with Crippen LogP contribution in [-0.2, 0) is 24.7 Å². The predicted molar refractivity (Wildman–Crippen MR) is 146 cm³/mol. The number of piperidine rings is 1. The molecule has 3 rings (SSSR count). The number of carbonyl (C=O) groups excluding carboxylic acids is 1. The van der Waals surface area contributed by atoms with E-state index in [2.05, 4.69) is 5.32 Å². The van der Waals surface area contributed by atoms with Gasteiger partial charge in [-0.25, -0.2) is 21.2 Å². The minimum absolute atomic E-state index is 0.0756. The quantitative estimate of drug-likeness (QED) is 0.496. The van der Waals surface area contributed by atoms with Crippen LogP contribution in [0.2, 0.25) is 0 Å². The van der Waals surface area contributed by atoms with Crippen LogP contribution in [0.3, 0.4) is 0 Å². The number of benzene rings is 2. The summed E-state index contributed by atoms with van der Waals surface area (Å²) in [4.78, 5) is 14.6. The molecule has 2 aromatic rings. The number of hydrogen-bond acceptors (Lipinski definition) is 7. The van der Waals surface area contributed by atoms with Gasteiger partial charge in [-0.05, 0) is 42.8 Å². The highest BCUT2D eigenvalue weighted by molar-refractivity contribution is 7.93. The summed E-state index contributed by atoms with van der Waals surface area (Å²) >= 11 is 0. The number of methoxy groups -OCH3 is 1. The third-order valence-electron chi connectivity index (χ3n) is 6.37. The highest BCUT2D eigenvalue weighted by Gasteiger charge is 2.45. The lowest BCUT2D eigenvalue weighted by atomic mass is 9.93. The first-order valence-corrected chi connectivity index (χ1v) is 15.4. The van der Waals surface area contributed by atoms with Crippen LogP contribution in [0.25, 0.3) is 11.1 Å². The molecule has 0 radical (unpaired) electrons. The Morgan fingerprint density at radius 1 is 1.13 bits per heavy atom. The summed E-state index contributed by atoms with van der Waals surface area (Å²) in [6, 6.07) is 11.4. The molecule has 0 aromatic heterocycles. The summed E-state index contributed by atoms with van der Waals surface area (Å²) in [6.07, 6.45) is 1.61. The number of carbonyl (C=O) groups is 1. The molecule has 1 unspecified atom stereocenters. The van der Waals surface area contributed by atoms with Crippen molar-refractivity contribution in [2.45, 2.75) is 36.4 Å². The minimum Gasteiger partial charge on any atom is -0.497 e. The number of nitrogens with zero attached hydrogens (tertiary/aromatic N) is 2. The molecule has 1 amide bonds. The zero-order valence-electron chi connectivity index (χ0n) is 22.1. The number of alkyl halides is 1. The van der Waals surface area contributed by atoms with Crippen LogP contribution in [-0.4, -0.2) is 79.3 Å². The lowest BCUT2D eigenvalue weighted by Crippen LogP contribution is -2.53. The second-order valence-electron chi connectivity index (χ2n) is 9.60. The Kier molecular flexibility index (Phi) is 8.89. The van der Waals surface area contributed by atoms with Crippen molar-refractivity contribution in [1.82, 2.24) is 9.62 Å². The smallest absolute Gasteiger partial charge is 0.258 e. The number of rotatable bonds is 9. The summed E-state index contributed by atoms with van der Waals surface area (Å²) in [5.41, 5.74) is -0.335. The molecule has 1 aliphatic rings. The number of ether oxygens (including phenoxy) is 1. The lowest BCUT2D eigenvalue weighted by molar-refractivity contribution is -0.135. The first kappa shape index (κ1) is 29.6. The molecule has 1 heterocycles. The van der Waals surface area contributed by atoms with Crippen LogP contribution in [0.1, 0.15) is 19.8 Å². The van der Waals surface area contributed by atoms with Crippen LogP contribution < -0.4 is 15.0 Å². The summed E-state index contributed by atoms with van der Waals surface area (Å²) in [5.74, 6) is -0.319. The van der Waals surface area contributed by atoms with E-state index in [1.54, 1.807) is 42.5 Å². The number of anilines is 1. The Morgan fingerprint density at radius 3 is 2.37 bits per heavy atom. The van der Waals surface area contributed by atoms with Gasteiger partial charge in [-0.15, -0.1) is 0 Å². The zero-order chi connectivity index (χ0) is 28.3. The molecular weight excluding hydrogens is 533 g/mol. The van der Waals surface area contributed by atoms with E-state index < -0.39 is 37.5 Å². The molecular formula is C26H34FN3O6S2. The maximum Gasteiger partial charge on any atom is 0.258 e. The Labute approximate surface area is 224 Å². The Hall–Kier alpha value is -2.96. The van der Waals surface area contributed by atoms with E-state index in [1.165, 1.54) is 24.4 Å². The normalized spacial score (nSPS) is 17.2. The molecule has 1 aliphatic heterocycles. The van der Waals surface area contributed by atoms with E-state index in [4.69, 9.17) is 4.74 Å². The van der Waals surface area contributed by atoms with Crippen LogP contribution in [0.4, 0.5) is 10.1 Å².